The van der Waals surface area contributed by atoms with E-state index in [1.165, 1.54) is 23.9 Å². The lowest BCUT2D eigenvalue weighted by Crippen LogP contribution is -2.67. The van der Waals surface area contributed by atoms with Crippen molar-refractivity contribution in [3.63, 3.8) is 0 Å². The predicted molar refractivity (Wildman–Crippen MR) is 213 cm³/mol. The van der Waals surface area contributed by atoms with Gasteiger partial charge in [-0.25, -0.2) is 4.98 Å². The fourth-order valence-corrected chi connectivity index (χ4v) is 12.6. The van der Waals surface area contributed by atoms with Crippen molar-refractivity contribution in [2.75, 3.05) is 11.9 Å². The van der Waals surface area contributed by atoms with E-state index in [4.69, 9.17) is 13.9 Å². The molecule has 0 aliphatic carbocycles. The lowest BCUT2D eigenvalue weighted by atomic mass is 10.1. The van der Waals surface area contributed by atoms with Gasteiger partial charge < -0.3 is 13.9 Å². The molecule has 2 N–H and O–H groups in total. The first-order valence-corrected chi connectivity index (χ1v) is 20.7. The minimum Gasteiger partial charge on any atom is -0.405 e. The predicted octanol–water partition coefficient (Wildman–Crippen LogP) is 5.33. The van der Waals surface area contributed by atoms with Crippen LogP contribution in [0.2, 0.25) is 5.04 Å². The number of benzene rings is 3. The molecule has 0 saturated carbocycles. The second-order valence-corrected chi connectivity index (χ2v) is 20.3. The van der Waals surface area contributed by atoms with Crippen LogP contribution in [0.25, 0.3) is 11.2 Å². The zero-order chi connectivity index (χ0) is 39.5. The fraction of sp³-hybridized carbons (Fsp3) is 0.359. The average Bonchev–Trinajstić information content (AvgIpc) is 3.72. The van der Waals surface area contributed by atoms with E-state index in [9.17, 15) is 24.5 Å². The SMILES string of the molecule is CC(=O)S[C@H]1[C@@H](OCc2ccccc2[N+](=O)[O-])[C@H](n2cnc3c(=O)[nH]c(NC(=O)C(C)C)nc32)O[C@@H]1CO[Si](c1ccccc1)(c1ccccc1)C(C)(C)C. The first-order valence-electron chi connectivity index (χ1n) is 17.9. The highest BCUT2D eigenvalue weighted by Crippen LogP contribution is 2.43. The molecule has 6 rings (SSSR count). The van der Waals surface area contributed by atoms with Crippen LogP contribution in [0.1, 0.15) is 53.3 Å². The number of thioether (sulfide) groups is 1. The van der Waals surface area contributed by atoms with Crippen molar-refractivity contribution in [1.82, 2.24) is 19.5 Å². The number of para-hydroxylation sites is 1. The standard InChI is InChI=1S/C39H44N6O8SSi/c1-24(2)35(47)42-38-41-34-31(36(48)43-38)40-23-44(34)37-32(51-21-26-15-13-14-20-29(26)45(49)50)33(54-25(3)46)30(53-37)22-52-55(39(4,5)6,27-16-9-7-10-17-27)28-18-11-8-12-19-28/h7-20,23-24,30,32-33,37H,21-22H2,1-6H3,(H2,41,42,43,47,48)/t30-,32-,33-,37-/m1/s1. The van der Waals surface area contributed by atoms with Gasteiger partial charge in [-0.05, 0) is 21.5 Å². The molecule has 0 unspecified atom stereocenters. The van der Waals surface area contributed by atoms with Crippen molar-refractivity contribution in [2.45, 2.75) is 76.9 Å². The third-order valence-corrected chi connectivity index (χ3v) is 15.7. The Hall–Kier alpha value is -5.00. The second kappa shape index (κ2) is 16.4. The molecule has 55 heavy (non-hydrogen) atoms. The monoisotopic (exact) mass is 784 g/mol. The van der Waals surface area contributed by atoms with E-state index in [1.807, 2.05) is 36.4 Å². The molecule has 1 fully saturated rings. The van der Waals surface area contributed by atoms with Crippen molar-refractivity contribution in [3.05, 3.63) is 117 Å². The largest absolute Gasteiger partial charge is 0.405 e. The van der Waals surface area contributed by atoms with Crippen molar-refractivity contribution in [2.24, 2.45) is 5.92 Å². The molecule has 288 valence electrons. The number of H-pyrrole nitrogens is 1. The molecule has 0 spiro atoms. The summed E-state index contributed by atoms with van der Waals surface area (Å²) in [6.07, 6.45) is -1.31. The summed E-state index contributed by atoms with van der Waals surface area (Å²) in [4.78, 5) is 61.7. The van der Waals surface area contributed by atoms with Gasteiger partial charge in [-0.1, -0.05) is 119 Å². The van der Waals surface area contributed by atoms with E-state index in [2.05, 4.69) is 65.3 Å². The van der Waals surface area contributed by atoms with Crippen LogP contribution < -0.4 is 21.2 Å². The molecule has 4 atom stereocenters. The number of rotatable bonds is 13. The molecule has 0 radical (unpaired) electrons. The highest BCUT2D eigenvalue weighted by atomic mass is 32.2. The number of hydrogen-bond donors (Lipinski definition) is 2. The normalized spacial score (nSPS) is 18.8. The van der Waals surface area contributed by atoms with Gasteiger partial charge in [0.25, 0.3) is 19.6 Å². The maximum Gasteiger partial charge on any atom is 0.280 e. The molecule has 2 aromatic heterocycles. The van der Waals surface area contributed by atoms with Gasteiger partial charge in [0.05, 0.1) is 41.4 Å². The molecular weight excluding hydrogens is 741 g/mol. The fourth-order valence-electron chi connectivity index (χ4n) is 6.98. The van der Waals surface area contributed by atoms with E-state index in [0.29, 0.717) is 5.56 Å². The zero-order valence-electron chi connectivity index (χ0n) is 31.4. The summed E-state index contributed by atoms with van der Waals surface area (Å²) >= 11 is 1.03. The summed E-state index contributed by atoms with van der Waals surface area (Å²) in [5.41, 5.74) is -0.279. The number of anilines is 1. The van der Waals surface area contributed by atoms with Crippen LogP contribution >= 0.6 is 11.8 Å². The number of carbonyl (C=O) groups excluding carboxylic acids is 2. The Bertz CT molecular complexity index is 2190. The minimum atomic E-state index is -3.08. The minimum absolute atomic E-state index is 0.00798. The van der Waals surface area contributed by atoms with Gasteiger partial charge in [-0.15, -0.1) is 0 Å². The first-order chi connectivity index (χ1) is 26.2. The van der Waals surface area contributed by atoms with Crippen LogP contribution in [0.5, 0.6) is 0 Å². The van der Waals surface area contributed by atoms with E-state index >= 15 is 0 Å². The lowest BCUT2D eigenvalue weighted by Gasteiger charge is -2.43. The number of nitro groups is 1. The van der Waals surface area contributed by atoms with Gasteiger partial charge in [0.2, 0.25) is 11.9 Å². The Morgan fingerprint density at radius 3 is 2.24 bits per heavy atom. The van der Waals surface area contributed by atoms with Gasteiger partial charge in [0, 0.05) is 18.9 Å². The molecule has 1 amide bonds. The van der Waals surface area contributed by atoms with Crippen LogP contribution in [0.4, 0.5) is 11.6 Å². The maximum absolute atomic E-state index is 13.2. The number of imidazole rings is 1. The van der Waals surface area contributed by atoms with Gasteiger partial charge >= 0.3 is 0 Å². The number of amides is 1. The maximum atomic E-state index is 13.2. The Morgan fingerprint density at radius 2 is 1.65 bits per heavy atom. The molecule has 5 aromatic rings. The number of ether oxygens (including phenoxy) is 2. The van der Waals surface area contributed by atoms with Crippen LogP contribution in [0.3, 0.4) is 0 Å². The molecule has 1 saturated heterocycles. The van der Waals surface area contributed by atoms with Crippen LogP contribution in [0, 0.1) is 16.0 Å². The third-order valence-electron chi connectivity index (χ3n) is 9.56. The van der Waals surface area contributed by atoms with Crippen molar-refractivity contribution >= 4 is 64.3 Å². The molecule has 14 nitrogen and oxygen atoms in total. The number of nitrogens with zero attached hydrogens (tertiary/aromatic N) is 4. The van der Waals surface area contributed by atoms with Crippen LogP contribution in [-0.2, 0) is 30.1 Å². The number of aromatic amines is 1. The Morgan fingerprint density at radius 1 is 1.04 bits per heavy atom. The Kier molecular flexibility index (Phi) is 11.8. The Labute approximate surface area is 323 Å². The number of nitro benzene ring substituents is 1. The molecule has 3 heterocycles. The number of nitrogens with one attached hydrogen (secondary N) is 2. The van der Waals surface area contributed by atoms with Gasteiger partial charge in [-0.2, -0.15) is 4.98 Å². The lowest BCUT2D eigenvalue weighted by molar-refractivity contribution is -0.386. The summed E-state index contributed by atoms with van der Waals surface area (Å²) in [6.45, 7) is 11.2. The topological polar surface area (TPSA) is 181 Å². The summed E-state index contributed by atoms with van der Waals surface area (Å²) < 4.78 is 22.2. The van der Waals surface area contributed by atoms with E-state index in [-0.39, 0.29) is 58.0 Å². The summed E-state index contributed by atoms with van der Waals surface area (Å²) in [5.74, 6) is -0.811. The smallest absolute Gasteiger partial charge is 0.280 e. The van der Waals surface area contributed by atoms with Crippen LogP contribution in [0.15, 0.2) is 96.1 Å². The van der Waals surface area contributed by atoms with Crippen molar-refractivity contribution in [3.8, 4) is 0 Å². The molecule has 0 bridgehead atoms. The summed E-state index contributed by atoms with van der Waals surface area (Å²) in [5, 5.41) is 15.4. The van der Waals surface area contributed by atoms with Gasteiger partial charge in [-0.3, -0.25) is 39.4 Å². The first kappa shape index (κ1) is 39.7. The number of carbonyl (C=O) groups is 2. The molecule has 1 aliphatic rings. The molecule has 3 aromatic carbocycles. The third kappa shape index (κ3) is 8.18. The zero-order valence-corrected chi connectivity index (χ0v) is 33.2. The van der Waals surface area contributed by atoms with E-state index < -0.39 is 42.5 Å². The summed E-state index contributed by atoms with van der Waals surface area (Å²) in [6, 6.07) is 26.5. The number of hydrogen-bond acceptors (Lipinski definition) is 11. The average molecular weight is 785 g/mol. The molecule has 1 aliphatic heterocycles. The van der Waals surface area contributed by atoms with Gasteiger partial charge in [0.15, 0.2) is 22.5 Å². The number of aromatic nitrogens is 4. The highest BCUT2D eigenvalue weighted by molar-refractivity contribution is 8.14. The van der Waals surface area contributed by atoms with E-state index in [1.54, 1.807) is 32.0 Å². The van der Waals surface area contributed by atoms with Gasteiger partial charge in [0.1, 0.15) is 6.10 Å². The van der Waals surface area contributed by atoms with Crippen LogP contribution in [-0.4, -0.2) is 67.8 Å². The van der Waals surface area contributed by atoms with Crippen molar-refractivity contribution < 1.29 is 28.4 Å². The van der Waals surface area contributed by atoms with E-state index in [0.717, 1.165) is 22.1 Å². The molecular formula is C39H44N6O8SSi. The highest BCUT2D eigenvalue weighted by Gasteiger charge is 2.53. The quantitative estimate of drug-likeness (QED) is 0.0895. The van der Waals surface area contributed by atoms with Crippen molar-refractivity contribution in [1.29, 1.82) is 0 Å². The second-order valence-electron chi connectivity index (χ2n) is 14.7. The number of fused-ring (bicyclic) bond motifs is 1. The summed E-state index contributed by atoms with van der Waals surface area (Å²) in [7, 11) is -3.08. The molecule has 16 heteroatoms. The Balaban J connectivity index is 1.45.